The molecule has 2 rings (SSSR count). The van der Waals surface area contributed by atoms with Crippen molar-refractivity contribution in [3.63, 3.8) is 0 Å². The van der Waals surface area contributed by atoms with Crippen LogP contribution in [0, 0.1) is 0 Å². The van der Waals surface area contributed by atoms with Gasteiger partial charge >= 0.3 is 0 Å². The molecule has 1 aromatic heterocycles. The largest absolute Gasteiger partial charge is 0.329 e. The van der Waals surface area contributed by atoms with E-state index in [9.17, 15) is 4.79 Å². The Morgan fingerprint density at radius 3 is 3.12 bits per heavy atom. The molecule has 1 unspecified atom stereocenters. The van der Waals surface area contributed by atoms with Gasteiger partial charge in [-0.3, -0.25) is 9.69 Å². The van der Waals surface area contributed by atoms with Crippen molar-refractivity contribution >= 4 is 0 Å². The Labute approximate surface area is 96.5 Å². The van der Waals surface area contributed by atoms with Crippen LogP contribution in [0.25, 0.3) is 0 Å². The monoisotopic (exact) mass is 220 g/mol. The average molecular weight is 220 g/mol. The van der Waals surface area contributed by atoms with Crippen LogP contribution in [0.3, 0.4) is 0 Å². The molecule has 0 aliphatic carbocycles. The number of likely N-dealkylation sites (tertiary alicyclic amines) is 1. The predicted molar refractivity (Wildman–Crippen MR) is 65.5 cm³/mol. The van der Waals surface area contributed by atoms with Crippen molar-refractivity contribution in [2.24, 2.45) is 0 Å². The lowest BCUT2D eigenvalue weighted by Gasteiger charge is -2.35. The van der Waals surface area contributed by atoms with Gasteiger partial charge in [0.25, 0.3) is 5.56 Å². The van der Waals surface area contributed by atoms with Crippen LogP contribution in [0.15, 0.2) is 23.1 Å². The first kappa shape index (κ1) is 11.4. The minimum absolute atomic E-state index is 0.0792. The van der Waals surface area contributed by atoms with Crippen molar-refractivity contribution in [2.45, 2.75) is 38.6 Å². The van der Waals surface area contributed by atoms with Gasteiger partial charge in [0, 0.05) is 17.8 Å². The fourth-order valence-corrected chi connectivity index (χ4v) is 2.60. The molecule has 0 bridgehead atoms. The van der Waals surface area contributed by atoms with Crippen LogP contribution in [0.4, 0.5) is 0 Å². The fraction of sp³-hybridized carbons (Fsp3) is 0.615. The zero-order chi connectivity index (χ0) is 11.4. The molecule has 1 atom stereocenters. The second-order valence-electron chi connectivity index (χ2n) is 4.50. The highest BCUT2D eigenvalue weighted by atomic mass is 16.1. The molecule has 88 valence electrons. The summed E-state index contributed by atoms with van der Waals surface area (Å²) in [6.07, 6.45) is 6.48. The molecular formula is C13H20N2O. The molecule has 1 saturated heterocycles. The Balaban J connectivity index is 2.23. The molecule has 1 fully saturated rings. The smallest absolute Gasteiger partial charge is 0.252 e. The number of pyridine rings is 1. The van der Waals surface area contributed by atoms with Crippen molar-refractivity contribution in [3.8, 4) is 0 Å². The summed E-state index contributed by atoms with van der Waals surface area (Å²) >= 11 is 0. The summed E-state index contributed by atoms with van der Waals surface area (Å²) in [6.45, 7) is 4.42. The van der Waals surface area contributed by atoms with Crippen LogP contribution in [0.2, 0.25) is 0 Å². The van der Waals surface area contributed by atoms with Crippen LogP contribution in [-0.4, -0.2) is 23.0 Å². The van der Waals surface area contributed by atoms with Crippen LogP contribution >= 0.6 is 0 Å². The maximum Gasteiger partial charge on any atom is 0.252 e. The lowest BCUT2D eigenvalue weighted by atomic mass is 9.96. The molecule has 16 heavy (non-hydrogen) atoms. The number of piperidine rings is 1. The summed E-state index contributed by atoms with van der Waals surface area (Å²) < 4.78 is 0. The Bertz CT molecular complexity index is 384. The van der Waals surface area contributed by atoms with Crippen molar-refractivity contribution < 1.29 is 0 Å². The Kier molecular flexibility index (Phi) is 3.78. The second kappa shape index (κ2) is 5.30. The molecule has 0 amide bonds. The predicted octanol–water partition coefficient (Wildman–Crippen LogP) is 2.31. The molecule has 3 heteroatoms. The minimum Gasteiger partial charge on any atom is -0.329 e. The van der Waals surface area contributed by atoms with Gasteiger partial charge in [-0.25, -0.2) is 0 Å². The summed E-state index contributed by atoms with van der Waals surface area (Å²) in [6, 6.07) is 4.23. The van der Waals surface area contributed by atoms with Gasteiger partial charge in [0.15, 0.2) is 0 Å². The van der Waals surface area contributed by atoms with E-state index in [1.807, 2.05) is 12.1 Å². The average Bonchev–Trinajstić information content (AvgIpc) is 2.31. The van der Waals surface area contributed by atoms with Gasteiger partial charge in [-0.1, -0.05) is 19.4 Å². The third-order valence-corrected chi connectivity index (χ3v) is 3.33. The Morgan fingerprint density at radius 1 is 1.50 bits per heavy atom. The molecule has 2 heterocycles. The number of H-pyrrole nitrogens is 1. The normalized spacial score (nSPS) is 22.2. The zero-order valence-corrected chi connectivity index (χ0v) is 9.91. The molecule has 1 aliphatic rings. The topological polar surface area (TPSA) is 36.1 Å². The Morgan fingerprint density at radius 2 is 2.38 bits per heavy atom. The van der Waals surface area contributed by atoms with Gasteiger partial charge in [-0.15, -0.1) is 0 Å². The number of nitrogens with one attached hydrogen (secondary N) is 1. The van der Waals surface area contributed by atoms with Gasteiger partial charge in [0.1, 0.15) is 0 Å². The maximum absolute atomic E-state index is 11.8. The first-order valence-electron chi connectivity index (χ1n) is 6.24. The highest BCUT2D eigenvalue weighted by molar-refractivity contribution is 5.15. The van der Waals surface area contributed by atoms with E-state index in [1.54, 1.807) is 6.20 Å². The molecular weight excluding hydrogens is 200 g/mol. The SMILES string of the molecule is CCCN1CCCCC1c1ccc[nH]c1=O. The van der Waals surface area contributed by atoms with Gasteiger partial charge in [0.05, 0.1) is 0 Å². The van der Waals surface area contributed by atoms with Crippen LogP contribution in [0.1, 0.15) is 44.2 Å². The van der Waals surface area contributed by atoms with Gasteiger partial charge in [-0.05, 0) is 38.4 Å². The van der Waals surface area contributed by atoms with Crippen LogP contribution < -0.4 is 5.56 Å². The number of rotatable bonds is 3. The van der Waals surface area contributed by atoms with E-state index in [2.05, 4.69) is 16.8 Å². The molecule has 1 aliphatic heterocycles. The number of nitrogens with zero attached hydrogens (tertiary/aromatic N) is 1. The van der Waals surface area contributed by atoms with E-state index in [4.69, 9.17) is 0 Å². The quantitative estimate of drug-likeness (QED) is 0.848. The van der Waals surface area contributed by atoms with Crippen LogP contribution in [-0.2, 0) is 0 Å². The third-order valence-electron chi connectivity index (χ3n) is 3.33. The first-order valence-corrected chi connectivity index (χ1v) is 6.24. The summed E-state index contributed by atoms with van der Waals surface area (Å²) in [5.41, 5.74) is 1.02. The van der Waals surface area contributed by atoms with E-state index in [1.165, 1.54) is 12.8 Å². The highest BCUT2D eigenvalue weighted by Gasteiger charge is 2.24. The number of hydrogen-bond acceptors (Lipinski definition) is 2. The van der Waals surface area contributed by atoms with Gasteiger partial charge in [0.2, 0.25) is 0 Å². The summed E-state index contributed by atoms with van der Waals surface area (Å²) in [4.78, 5) is 17.0. The van der Waals surface area contributed by atoms with Crippen molar-refractivity contribution in [2.75, 3.05) is 13.1 Å². The van der Waals surface area contributed by atoms with E-state index in [0.29, 0.717) is 6.04 Å². The van der Waals surface area contributed by atoms with Crippen LogP contribution in [0.5, 0.6) is 0 Å². The standard InChI is InChI=1S/C13H20N2O/c1-2-9-15-10-4-3-7-12(15)11-6-5-8-14-13(11)16/h5-6,8,12H,2-4,7,9-10H2,1H3,(H,14,16). The summed E-state index contributed by atoms with van der Waals surface area (Å²) in [7, 11) is 0. The minimum atomic E-state index is 0.0792. The van der Waals surface area contributed by atoms with E-state index in [0.717, 1.165) is 31.5 Å². The number of aromatic nitrogens is 1. The number of aromatic amines is 1. The first-order chi connectivity index (χ1) is 7.83. The lowest BCUT2D eigenvalue weighted by Crippen LogP contribution is -2.36. The van der Waals surface area contributed by atoms with Crippen molar-refractivity contribution in [3.05, 3.63) is 34.2 Å². The van der Waals surface area contributed by atoms with E-state index in [-0.39, 0.29) is 5.56 Å². The van der Waals surface area contributed by atoms with Gasteiger partial charge in [-0.2, -0.15) is 0 Å². The molecule has 3 nitrogen and oxygen atoms in total. The van der Waals surface area contributed by atoms with E-state index >= 15 is 0 Å². The molecule has 0 saturated carbocycles. The highest BCUT2D eigenvalue weighted by Crippen LogP contribution is 2.28. The molecule has 0 aromatic carbocycles. The van der Waals surface area contributed by atoms with Crippen molar-refractivity contribution in [1.29, 1.82) is 0 Å². The van der Waals surface area contributed by atoms with E-state index < -0.39 is 0 Å². The molecule has 0 spiro atoms. The van der Waals surface area contributed by atoms with Crippen molar-refractivity contribution in [1.82, 2.24) is 9.88 Å². The number of hydrogen-bond donors (Lipinski definition) is 1. The third kappa shape index (κ3) is 2.35. The molecule has 0 radical (unpaired) electrons. The zero-order valence-electron chi connectivity index (χ0n) is 9.91. The Hall–Kier alpha value is -1.09. The molecule has 1 N–H and O–H groups in total. The summed E-state index contributed by atoms with van der Waals surface area (Å²) in [5, 5.41) is 0. The maximum atomic E-state index is 11.8. The second-order valence-corrected chi connectivity index (χ2v) is 4.50. The lowest BCUT2D eigenvalue weighted by molar-refractivity contribution is 0.148. The summed E-state index contributed by atoms with van der Waals surface area (Å²) in [5.74, 6) is 0. The van der Waals surface area contributed by atoms with Gasteiger partial charge < -0.3 is 4.98 Å². The fourth-order valence-electron chi connectivity index (χ4n) is 2.60. The molecule has 1 aromatic rings.